The van der Waals surface area contributed by atoms with Crippen molar-refractivity contribution in [3.63, 3.8) is 0 Å². The number of carbonyl (C=O) groups excluding carboxylic acids is 2. The summed E-state index contributed by atoms with van der Waals surface area (Å²) in [6.45, 7) is 5.46. The number of likely N-dealkylation sites (tertiary alicyclic amines) is 1. The van der Waals surface area contributed by atoms with Crippen LogP contribution in [0.2, 0.25) is 0 Å². The summed E-state index contributed by atoms with van der Waals surface area (Å²) in [6.07, 6.45) is 0.700. The highest BCUT2D eigenvalue weighted by atomic mass is 16.5. The SMILES string of the molecule is CCOCC(C(=O)OCC)C1CCN(C)C1=O. The van der Waals surface area contributed by atoms with Gasteiger partial charge in [-0.3, -0.25) is 9.59 Å². The third-order valence-corrected chi connectivity index (χ3v) is 3.05. The standard InChI is InChI=1S/C12H21NO4/c1-4-16-8-10(12(15)17-5-2)9-6-7-13(3)11(9)14/h9-10H,4-8H2,1-3H3. The molecular formula is C12H21NO4. The highest BCUT2D eigenvalue weighted by Crippen LogP contribution is 2.26. The molecule has 0 aromatic carbocycles. The lowest BCUT2D eigenvalue weighted by atomic mass is 9.91. The number of nitrogens with zero attached hydrogens (tertiary/aromatic N) is 1. The Morgan fingerprint density at radius 2 is 2.18 bits per heavy atom. The van der Waals surface area contributed by atoms with E-state index in [-0.39, 0.29) is 24.4 Å². The second-order valence-electron chi connectivity index (χ2n) is 4.17. The topological polar surface area (TPSA) is 55.8 Å². The Kier molecular flexibility index (Phi) is 5.41. The van der Waals surface area contributed by atoms with Crippen molar-refractivity contribution in [1.82, 2.24) is 4.90 Å². The van der Waals surface area contributed by atoms with Crippen molar-refractivity contribution in [3.8, 4) is 0 Å². The summed E-state index contributed by atoms with van der Waals surface area (Å²) in [7, 11) is 1.76. The van der Waals surface area contributed by atoms with Gasteiger partial charge >= 0.3 is 5.97 Å². The van der Waals surface area contributed by atoms with Crippen LogP contribution in [-0.4, -0.2) is 50.2 Å². The molecule has 0 aromatic rings. The average molecular weight is 243 g/mol. The zero-order valence-corrected chi connectivity index (χ0v) is 10.8. The van der Waals surface area contributed by atoms with Gasteiger partial charge in [0.1, 0.15) is 0 Å². The molecule has 1 aliphatic rings. The second kappa shape index (κ2) is 6.59. The van der Waals surface area contributed by atoms with E-state index in [2.05, 4.69) is 0 Å². The molecule has 98 valence electrons. The van der Waals surface area contributed by atoms with Crippen molar-refractivity contribution < 1.29 is 19.1 Å². The third kappa shape index (κ3) is 3.43. The first-order valence-electron chi connectivity index (χ1n) is 6.11. The van der Waals surface area contributed by atoms with Gasteiger partial charge in [-0.15, -0.1) is 0 Å². The fraction of sp³-hybridized carbons (Fsp3) is 0.833. The first-order valence-corrected chi connectivity index (χ1v) is 6.11. The molecule has 17 heavy (non-hydrogen) atoms. The van der Waals surface area contributed by atoms with Gasteiger partial charge in [-0.2, -0.15) is 0 Å². The minimum atomic E-state index is -0.465. The average Bonchev–Trinajstić information content (AvgIpc) is 2.62. The Balaban J connectivity index is 2.68. The molecule has 1 aliphatic heterocycles. The van der Waals surface area contributed by atoms with Crippen molar-refractivity contribution in [3.05, 3.63) is 0 Å². The van der Waals surface area contributed by atoms with E-state index in [0.29, 0.717) is 26.2 Å². The third-order valence-electron chi connectivity index (χ3n) is 3.05. The maximum atomic E-state index is 11.9. The van der Waals surface area contributed by atoms with Crippen LogP contribution in [-0.2, 0) is 19.1 Å². The van der Waals surface area contributed by atoms with Crippen LogP contribution in [0.1, 0.15) is 20.3 Å². The van der Waals surface area contributed by atoms with Crippen LogP contribution in [0.25, 0.3) is 0 Å². The maximum absolute atomic E-state index is 11.9. The molecule has 0 bridgehead atoms. The Hall–Kier alpha value is -1.10. The zero-order chi connectivity index (χ0) is 12.8. The Morgan fingerprint density at radius 3 is 2.65 bits per heavy atom. The van der Waals surface area contributed by atoms with E-state index < -0.39 is 5.92 Å². The minimum Gasteiger partial charge on any atom is -0.466 e. The van der Waals surface area contributed by atoms with Crippen molar-refractivity contribution >= 4 is 11.9 Å². The Bertz CT molecular complexity index is 280. The molecule has 5 heteroatoms. The summed E-state index contributed by atoms with van der Waals surface area (Å²) in [4.78, 5) is 25.4. The van der Waals surface area contributed by atoms with Crippen LogP contribution in [0, 0.1) is 11.8 Å². The number of amides is 1. The molecule has 0 aliphatic carbocycles. The van der Waals surface area contributed by atoms with Crippen LogP contribution in [0.3, 0.4) is 0 Å². The molecule has 1 saturated heterocycles. The highest BCUT2D eigenvalue weighted by Gasteiger charge is 2.40. The van der Waals surface area contributed by atoms with Crippen molar-refractivity contribution in [2.24, 2.45) is 11.8 Å². The molecule has 1 fully saturated rings. The summed E-state index contributed by atoms with van der Waals surface area (Å²) < 4.78 is 10.3. The maximum Gasteiger partial charge on any atom is 0.312 e. The zero-order valence-electron chi connectivity index (χ0n) is 10.8. The molecule has 0 N–H and O–H groups in total. The van der Waals surface area contributed by atoms with Gasteiger partial charge in [0.15, 0.2) is 0 Å². The first-order chi connectivity index (χ1) is 8.11. The largest absolute Gasteiger partial charge is 0.466 e. The van der Waals surface area contributed by atoms with E-state index in [9.17, 15) is 9.59 Å². The lowest BCUT2D eigenvalue weighted by Crippen LogP contribution is -2.35. The second-order valence-corrected chi connectivity index (χ2v) is 4.17. The molecule has 0 saturated carbocycles. The number of carbonyl (C=O) groups is 2. The van der Waals surface area contributed by atoms with Gasteiger partial charge in [-0.1, -0.05) is 0 Å². The van der Waals surface area contributed by atoms with Crippen molar-refractivity contribution in [2.45, 2.75) is 20.3 Å². The Morgan fingerprint density at radius 1 is 1.47 bits per heavy atom. The molecule has 2 unspecified atom stereocenters. The van der Waals surface area contributed by atoms with Gasteiger partial charge in [-0.25, -0.2) is 0 Å². The van der Waals surface area contributed by atoms with E-state index in [1.54, 1.807) is 18.9 Å². The van der Waals surface area contributed by atoms with E-state index in [4.69, 9.17) is 9.47 Å². The van der Waals surface area contributed by atoms with Crippen LogP contribution in [0.15, 0.2) is 0 Å². The van der Waals surface area contributed by atoms with E-state index in [0.717, 1.165) is 0 Å². The van der Waals surface area contributed by atoms with Crippen molar-refractivity contribution in [2.75, 3.05) is 33.4 Å². The molecule has 1 amide bonds. The molecule has 5 nitrogen and oxygen atoms in total. The first kappa shape index (κ1) is 14.0. The van der Waals surface area contributed by atoms with Gasteiger partial charge in [0.05, 0.1) is 25.0 Å². The van der Waals surface area contributed by atoms with Gasteiger partial charge < -0.3 is 14.4 Å². The van der Waals surface area contributed by atoms with Crippen LogP contribution in [0.4, 0.5) is 0 Å². The van der Waals surface area contributed by atoms with E-state index >= 15 is 0 Å². The fourth-order valence-electron chi connectivity index (χ4n) is 2.07. The molecule has 1 heterocycles. The summed E-state index contributed by atoms with van der Waals surface area (Å²) in [5.41, 5.74) is 0. The van der Waals surface area contributed by atoms with Gasteiger partial charge in [-0.05, 0) is 20.3 Å². The normalized spacial score (nSPS) is 21.7. The number of hydrogen-bond acceptors (Lipinski definition) is 4. The van der Waals surface area contributed by atoms with E-state index in [1.807, 2.05) is 6.92 Å². The van der Waals surface area contributed by atoms with Crippen LogP contribution < -0.4 is 0 Å². The summed E-state index contributed by atoms with van der Waals surface area (Å²) in [5.74, 6) is -1.06. The molecule has 0 spiro atoms. The predicted octanol–water partition coefficient (Wildman–Crippen LogP) is 0.680. The van der Waals surface area contributed by atoms with Gasteiger partial charge in [0, 0.05) is 20.2 Å². The minimum absolute atomic E-state index is 0.0164. The smallest absolute Gasteiger partial charge is 0.312 e. The lowest BCUT2D eigenvalue weighted by Gasteiger charge is -2.20. The summed E-state index contributed by atoms with van der Waals surface area (Å²) in [5, 5.41) is 0. The number of rotatable bonds is 6. The molecule has 1 rings (SSSR count). The summed E-state index contributed by atoms with van der Waals surface area (Å²) in [6, 6.07) is 0. The monoisotopic (exact) mass is 243 g/mol. The molecule has 0 aromatic heterocycles. The fourth-order valence-corrected chi connectivity index (χ4v) is 2.07. The number of esters is 1. The number of ether oxygens (including phenoxy) is 2. The highest BCUT2D eigenvalue weighted by molar-refractivity contribution is 5.86. The van der Waals surface area contributed by atoms with E-state index in [1.165, 1.54) is 0 Å². The predicted molar refractivity (Wildman–Crippen MR) is 62.4 cm³/mol. The summed E-state index contributed by atoms with van der Waals surface area (Å²) >= 11 is 0. The van der Waals surface area contributed by atoms with Crippen LogP contribution >= 0.6 is 0 Å². The van der Waals surface area contributed by atoms with Crippen LogP contribution in [0.5, 0.6) is 0 Å². The Labute approximate surface area is 102 Å². The molecule has 2 atom stereocenters. The molecular weight excluding hydrogens is 222 g/mol. The van der Waals surface area contributed by atoms with Gasteiger partial charge in [0.25, 0.3) is 0 Å². The van der Waals surface area contributed by atoms with Crippen molar-refractivity contribution in [1.29, 1.82) is 0 Å². The lowest BCUT2D eigenvalue weighted by molar-refractivity contribution is -0.155. The van der Waals surface area contributed by atoms with Gasteiger partial charge in [0.2, 0.25) is 5.91 Å². The number of hydrogen-bond donors (Lipinski definition) is 0. The molecule has 0 radical (unpaired) electrons. The quantitative estimate of drug-likeness (QED) is 0.644.